The first-order valence-corrected chi connectivity index (χ1v) is 6.46. The van der Waals surface area contributed by atoms with Crippen molar-refractivity contribution in [2.45, 2.75) is 12.5 Å². The molecule has 17 heavy (non-hydrogen) atoms. The number of benzene rings is 1. The van der Waals surface area contributed by atoms with Gasteiger partial charge in [-0.2, -0.15) is 5.10 Å². The van der Waals surface area contributed by atoms with Crippen molar-refractivity contribution in [2.75, 3.05) is 0 Å². The minimum atomic E-state index is 0.101. The van der Waals surface area contributed by atoms with Gasteiger partial charge in [0.2, 0.25) is 0 Å². The number of nitrogens with two attached hydrogens (primary N) is 1. The van der Waals surface area contributed by atoms with E-state index >= 15 is 0 Å². The average molecular weight is 342 g/mol. The Morgan fingerprint density at radius 1 is 1.41 bits per heavy atom. The molecule has 0 aliphatic carbocycles. The Labute approximate surface area is 114 Å². The molecular weight excluding hydrogens is 327 g/mol. The van der Waals surface area contributed by atoms with E-state index in [1.807, 2.05) is 19.4 Å². The lowest BCUT2D eigenvalue weighted by Gasteiger charge is -2.14. The molecule has 1 aromatic carbocycles. The van der Waals surface area contributed by atoms with Gasteiger partial charge in [-0.05, 0) is 46.7 Å². The van der Waals surface area contributed by atoms with Gasteiger partial charge in [-0.25, -0.2) is 0 Å². The van der Waals surface area contributed by atoms with Crippen molar-refractivity contribution in [3.8, 4) is 0 Å². The zero-order valence-electron chi connectivity index (χ0n) is 9.60. The van der Waals surface area contributed by atoms with Crippen molar-refractivity contribution < 1.29 is 0 Å². The summed E-state index contributed by atoms with van der Waals surface area (Å²) in [4.78, 5) is 0. The fourth-order valence-electron chi connectivity index (χ4n) is 1.75. The molecule has 0 aliphatic rings. The van der Waals surface area contributed by atoms with E-state index in [2.05, 4.69) is 57.4 Å². The van der Waals surface area contributed by atoms with Crippen LogP contribution in [0.15, 0.2) is 36.7 Å². The van der Waals surface area contributed by atoms with Crippen LogP contribution in [0.2, 0.25) is 0 Å². The Kier molecular flexibility index (Phi) is 4.14. The Balaban J connectivity index is 2.12. The maximum atomic E-state index is 5.60. The first kappa shape index (κ1) is 12.5. The van der Waals surface area contributed by atoms with E-state index in [0.717, 1.165) is 12.0 Å². The first-order chi connectivity index (χ1) is 8.19. The van der Waals surface area contributed by atoms with Gasteiger partial charge in [0.15, 0.2) is 0 Å². The molecule has 1 unspecified atom stereocenters. The summed E-state index contributed by atoms with van der Waals surface area (Å²) in [6, 6.07) is 8.56. The fraction of sp³-hybridized carbons (Fsp3) is 0.250. The fourth-order valence-corrected chi connectivity index (χ4v) is 2.11. The zero-order valence-corrected chi connectivity index (χ0v) is 11.8. The summed E-state index contributed by atoms with van der Waals surface area (Å²) >= 11 is 2.30. The van der Waals surface area contributed by atoms with E-state index in [9.17, 15) is 0 Å². The average Bonchev–Trinajstić information content (AvgIpc) is 2.75. The molecule has 2 aromatic rings. The molecule has 0 fully saturated rings. The molecule has 0 amide bonds. The van der Waals surface area contributed by atoms with Crippen LogP contribution < -0.4 is 11.3 Å². The second-order valence-electron chi connectivity index (χ2n) is 4.00. The van der Waals surface area contributed by atoms with Crippen molar-refractivity contribution in [1.29, 1.82) is 0 Å². The SMILES string of the molecule is Cn1cc(C(Cc2ccc(I)cc2)NN)cn1. The van der Waals surface area contributed by atoms with Gasteiger partial charge in [0.25, 0.3) is 0 Å². The van der Waals surface area contributed by atoms with E-state index in [-0.39, 0.29) is 6.04 Å². The quantitative estimate of drug-likeness (QED) is 0.506. The molecule has 1 atom stereocenters. The van der Waals surface area contributed by atoms with Crippen LogP contribution in [0.4, 0.5) is 0 Å². The van der Waals surface area contributed by atoms with Crippen LogP contribution in [0.3, 0.4) is 0 Å². The van der Waals surface area contributed by atoms with Crippen molar-refractivity contribution in [2.24, 2.45) is 12.9 Å². The summed E-state index contributed by atoms with van der Waals surface area (Å²) in [6.45, 7) is 0. The van der Waals surface area contributed by atoms with Crippen LogP contribution in [0, 0.1) is 3.57 Å². The maximum Gasteiger partial charge on any atom is 0.0538 e. The largest absolute Gasteiger partial charge is 0.275 e. The summed E-state index contributed by atoms with van der Waals surface area (Å²) in [7, 11) is 1.90. The Morgan fingerprint density at radius 3 is 2.65 bits per heavy atom. The monoisotopic (exact) mass is 342 g/mol. The van der Waals surface area contributed by atoms with Crippen molar-refractivity contribution in [3.63, 3.8) is 0 Å². The molecule has 5 heteroatoms. The number of hydrogen-bond donors (Lipinski definition) is 2. The second kappa shape index (κ2) is 5.61. The summed E-state index contributed by atoms with van der Waals surface area (Å²) in [5.74, 6) is 5.60. The summed E-state index contributed by atoms with van der Waals surface area (Å²) in [5, 5.41) is 4.16. The molecule has 1 heterocycles. The predicted octanol–water partition coefficient (Wildman–Crippen LogP) is 1.77. The molecule has 1 aromatic heterocycles. The number of aromatic nitrogens is 2. The van der Waals surface area contributed by atoms with Gasteiger partial charge < -0.3 is 0 Å². The maximum absolute atomic E-state index is 5.60. The molecular formula is C12H15IN4. The van der Waals surface area contributed by atoms with Crippen molar-refractivity contribution in [3.05, 3.63) is 51.4 Å². The normalized spacial score (nSPS) is 12.6. The molecule has 2 rings (SSSR count). The van der Waals surface area contributed by atoms with Crippen molar-refractivity contribution in [1.82, 2.24) is 15.2 Å². The summed E-state index contributed by atoms with van der Waals surface area (Å²) in [5.41, 5.74) is 5.21. The highest BCUT2D eigenvalue weighted by Gasteiger charge is 2.12. The van der Waals surface area contributed by atoms with Crippen LogP contribution in [0.5, 0.6) is 0 Å². The standard InChI is InChI=1S/C12H15IN4/c1-17-8-10(7-15-17)12(16-14)6-9-2-4-11(13)5-3-9/h2-5,7-8,12,16H,6,14H2,1H3. The van der Waals surface area contributed by atoms with Gasteiger partial charge >= 0.3 is 0 Å². The van der Waals surface area contributed by atoms with E-state index in [0.29, 0.717) is 0 Å². The number of aryl methyl sites for hydroxylation is 1. The molecule has 4 nitrogen and oxygen atoms in total. The number of rotatable bonds is 4. The number of nitrogens with one attached hydrogen (secondary N) is 1. The lowest BCUT2D eigenvalue weighted by Crippen LogP contribution is -2.29. The first-order valence-electron chi connectivity index (χ1n) is 5.38. The molecule has 0 saturated carbocycles. The van der Waals surface area contributed by atoms with E-state index < -0.39 is 0 Å². The minimum absolute atomic E-state index is 0.101. The summed E-state index contributed by atoms with van der Waals surface area (Å²) in [6.07, 6.45) is 4.69. The Bertz CT molecular complexity index is 478. The third-order valence-electron chi connectivity index (χ3n) is 2.68. The Hall–Kier alpha value is -0.920. The predicted molar refractivity (Wildman–Crippen MR) is 76.1 cm³/mol. The highest BCUT2D eigenvalue weighted by Crippen LogP contribution is 2.17. The molecule has 0 aliphatic heterocycles. The summed E-state index contributed by atoms with van der Waals surface area (Å²) < 4.78 is 3.03. The third-order valence-corrected chi connectivity index (χ3v) is 3.40. The van der Waals surface area contributed by atoms with Gasteiger partial charge in [-0.1, -0.05) is 12.1 Å². The lowest BCUT2D eigenvalue weighted by atomic mass is 10.0. The highest BCUT2D eigenvalue weighted by atomic mass is 127. The minimum Gasteiger partial charge on any atom is -0.275 e. The van der Waals surface area contributed by atoms with E-state index in [1.54, 1.807) is 4.68 Å². The van der Waals surface area contributed by atoms with Gasteiger partial charge in [0, 0.05) is 22.4 Å². The molecule has 0 radical (unpaired) electrons. The number of hydrogen-bond acceptors (Lipinski definition) is 3. The van der Waals surface area contributed by atoms with E-state index in [4.69, 9.17) is 5.84 Å². The molecule has 3 N–H and O–H groups in total. The molecule has 0 spiro atoms. The molecule has 0 saturated heterocycles. The topological polar surface area (TPSA) is 55.9 Å². The number of halogens is 1. The molecule has 90 valence electrons. The second-order valence-corrected chi connectivity index (χ2v) is 5.24. The number of nitrogens with zero attached hydrogens (tertiary/aromatic N) is 2. The lowest BCUT2D eigenvalue weighted by molar-refractivity contribution is 0.551. The highest BCUT2D eigenvalue weighted by molar-refractivity contribution is 14.1. The van der Waals surface area contributed by atoms with Crippen molar-refractivity contribution >= 4 is 22.6 Å². The van der Waals surface area contributed by atoms with E-state index in [1.165, 1.54) is 9.13 Å². The van der Waals surface area contributed by atoms with Crippen LogP contribution >= 0.6 is 22.6 Å². The van der Waals surface area contributed by atoms with Gasteiger partial charge in [-0.15, -0.1) is 0 Å². The van der Waals surface area contributed by atoms with Crippen LogP contribution in [0.1, 0.15) is 17.2 Å². The van der Waals surface area contributed by atoms with Crippen LogP contribution in [-0.4, -0.2) is 9.78 Å². The van der Waals surface area contributed by atoms with Crippen LogP contribution in [-0.2, 0) is 13.5 Å². The third kappa shape index (κ3) is 3.27. The van der Waals surface area contributed by atoms with Gasteiger partial charge in [-0.3, -0.25) is 16.0 Å². The van der Waals surface area contributed by atoms with Gasteiger partial charge in [0.1, 0.15) is 0 Å². The molecule has 0 bridgehead atoms. The smallest absolute Gasteiger partial charge is 0.0538 e. The zero-order chi connectivity index (χ0) is 12.3. The van der Waals surface area contributed by atoms with Crippen LogP contribution in [0.25, 0.3) is 0 Å². The Morgan fingerprint density at radius 2 is 2.12 bits per heavy atom. The van der Waals surface area contributed by atoms with Gasteiger partial charge in [0.05, 0.1) is 12.2 Å². The number of hydrazine groups is 1.